The van der Waals surface area contributed by atoms with Gasteiger partial charge < -0.3 is 11.1 Å². The van der Waals surface area contributed by atoms with Crippen LogP contribution in [-0.4, -0.2) is 21.2 Å². The number of nitrogens with zero attached hydrogens (tertiary/aromatic N) is 3. The summed E-state index contributed by atoms with van der Waals surface area (Å²) in [6, 6.07) is 9.72. The number of rotatable bonds is 3. The van der Waals surface area contributed by atoms with E-state index in [1.165, 1.54) is 11.8 Å². The molecular formula is C14H13N5S. The highest BCUT2D eigenvalue weighted by atomic mass is 32.2. The third-order valence-electron chi connectivity index (χ3n) is 2.85. The van der Waals surface area contributed by atoms with Crippen LogP contribution in [0, 0.1) is 0 Å². The normalized spacial score (nSPS) is 10.7. The van der Waals surface area contributed by atoms with Gasteiger partial charge in [-0.1, -0.05) is 23.9 Å². The number of nitrogens with one attached hydrogen (secondary N) is 1. The van der Waals surface area contributed by atoms with Crippen LogP contribution in [0.3, 0.4) is 0 Å². The Morgan fingerprint density at radius 3 is 2.95 bits per heavy atom. The summed E-state index contributed by atoms with van der Waals surface area (Å²) in [5.74, 6) is 1.13. The molecule has 20 heavy (non-hydrogen) atoms. The summed E-state index contributed by atoms with van der Waals surface area (Å²) in [6.45, 7) is 0. The fourth-order valence-electron chi connectivity index (χ4n) is 1.96. The smallest absolute Gasteiger partial charge is 0.191 e. The molecule has 3 N–H and O–H groups in total. The third kappa shape index (κ3) is 2.50. The van der Waals surface area contributed by atoms with Gasteiger partial charge in [-0.3, -0.25) is 4.98 Å². The molecule has 0 amide bonds. The van der Waals surface area contributed by atoms with E-state index in [-0.39, 0.29) is 0 Å². The lowest BCUT2D eigenvalue weighted by Crippen LogP contribution is -2.00. The van der Waals surface area contributed by atoms with E-state index in [2.05, 4.69) is 20.3 Å². The molecule has 0 aliphatic heterocycles. The number of hydrogen-bond acceptors (Lipinski definition) is 6. The van der Waals surface area contributed by atoms with Crippen LogP contribution in [0.2, 0.25) is 0 Å². The van der Waals surface area contributed by atoms with Gasteiger partial charge in [0.15, 0.2) is 5.16 Å². The molecule has 3 aromatic rings. The van der Waals surface area contributed by atoms with E-state index >= 15 is 0 Å². The maximum atomic E-state index is 5.78. The standard InChI is InChI=1S/C14H13N5S/c1-20-14-18-12(15)7-13(19-14)17-11-4-2-3-9-5-6-16-8-10(9)11/h2-8H,1H3,(H3,15,17,18,19). The summed E-state index contributed by atoms with van der Waals surface area (Å²) >= 11 is 1.46. The molecule has 0 radical (unpaired) electrons. The molecule has 3 rings (SSSR count). The van der Waals surface area contributed by atoms with Crippen LogP contribution in [0.4, 0.5) is 17.3 Å². The summed E-state index contributed by atoms with van der Waals surface area (Å²) in [4.78, 5) is 12.7. The Labute approximate surface area is 120 Å². The Morgan fingerprint density at radius 2 is 2.10 bits per heavy atom. The molecule has 1 aromatic carbocycles. The van der Waals surface area contributed by atoms with Crippen molar-refractivity contribution in [1.82, 2.24) is 15.0 Å². The highest BCUT2D eigenvalue weighted by molar-refractivity contribution is 7.98. The quantitative estimate of drug-likeness (QED) is 0.568. The van der Waals surface area contributed by atoms with Crippen LogP contribution in [0.1, 0.15) is 0 Å². The predicted octanol–water partition coefficient (Wildman–Crippen LogP) is 3.07. The van der Waals surface area contributed by atoms with Gasteiger partial charge in [0.2, 0.25) is 0 Å². The van der Waals surface area contributed by atoms with Crippen molar-refractivity contribution in [1.29, 1.82) is 0 Å². The van der Waals surface area contributed by atoms with Crippen molar-refractivity contribution in [2.24, 2.45) is 0 Å². The maximum absolute atomic E-state index is 5.78. The van der Waals surface area contributed by atoms with Gasteiger partial charge in [-0.2, -0.15) is 0 Å². The highest BCUT2D eigenvalue weighted by Crippen LogP contribution is 2.26. The van der Waals surface area contributed by atoms with Crippen LogP contribution in [0.5, 0.6) is 0 Å². The second-order valence-electron chi connectivity index (χ2n) is 4.19. The van der Waals surface area contributed by atoms with Gasteiger partial charge >= 0.3 is 0 Å². The number of benzene rings is 1. The summed E-state index contributed by atoms with van der Waals surface area (Å²) in [7, 11) is 0. The first-order chi connectivity index (χ1) is 9.76. The van der Waals surface area contributed by atoms with Crippen molar-refractivity contribution < 1.29 is 0 Å². The zero-order valence-corrected chi connectivity index (χ0v) is 11.7. The van der Waals surface area contributed by atoms with E-state index < -0.39 is 0 Å². The number of aromatic nitrogens is 3. The van der Waals surface area contributed by atoms with Gasteiger partial charge in [0, 0.05) is 29.5 Å². The van der Waals surface area contributed by atoms with Crippen LogP contribution in [0.15, 0.2) is 47.9 Å². The average Bonchev–Trinajstić information content (AvgIpc) is 2.47. The fraction of sp³-hybridized carbons (Fsp3) is 0.0714. The number of nitrogens with two attached hydrogens (primary N) is 1. The molecule has 0 unspecified atom stereocenters. The molecule has 2 heterocycles. The molecule has 0 aliphatic rings. The van der Waals surface area contributed by atoms with Gasteiger partial charge in [-0.05, 0) is 23.8 Å². The lowest BCUT2D eigenvalue weighted by Gasteiger charge is -2.10. The lowest BCUT2D eigenvalue weighted by molar-refractivity contribution is 0.985. The van der Waals surface area contributed by atoms with Gasteiger partial charge in [-0.15, -0.1) is 0 Å². The Balaban J connectivity index is 2.03. The zero-order valence-electron chi connectivity index (χ0n) is 10.9. The molecule has 5 nitrogen and oxygen atoms in total. The number of hydrogen-bond donors (Lipinski definition) is 2. The van der Waals surface area contributed by atoms with Gasteiger partial charge in [-0.25, -0.2) is 9.97 Å². The van der Waals surface area contributed by atoms with Gasteiger partial charge in [0.1, 0.15) is 11.6 Å². The molecule has 0 saturated heterocycles. The molecule has 0 saturated carbocycles. The zero-order chi connectivity index (χ0) is 13.9. The molecular weight excluding hydrogens is 270 g/mol. The second kappa shape index (κ2) is 5.34. The molecule has 0 bridgehead atoms. The van der Waals surface area contributed by atoms with E-state index in [1.807, 2.05) is 36.7 Å². The van der Waals surface area contributed by atoms with Crippen LogP contribution in [-0.2, 0) is 0 Å². The van der Waals surface area contributed by atoms with Crippen molar-refractivity contribution in [3.63, 3.8) is 0 Å². The van der Waals surface area contributed by atoms with Crippen molar-refractivity contribution in [3.8, 4) is 0 Å². The SMILES string of the molecule is CSc1nc(N)cc(Nc2cccc3ccncc23)n1. The first-order valence-corrected chi connectivity index (χ1v) is 7.27. The van der Waals surface area contributed by atoms with E-state index in [4.69, 9.17) is 5.73 Å². The molecule has 100 valence electrons. The van der Waals surface area contributed by atoms with E-state index in [1.54, 1.807) is 12.3 Å². The van der Waals surface area contributed by atoms with Crippen molar-refractivity contribution in [2.75, 3.05) is 17.3 Å². The van der Waals surface area contributed by atoms with E-state index in [0.29, 0.717) is 16.8 Å². The largest absolute Gasteiger partial charge is 0.383 e. The highest BCUT2D eigenvalue weighted by Gasteiger charge is 2.05. The van der Waals surface area contributed by atoms with E-state index in [0.717, 1.165) is 16.5 Å². The summed E-state index contributed by atoms with van der Waals surface area (Å²) in [5, 5.41) is 6.08. The first kappa shape index (κ1) is 12.7. The summed E-state index contributed by atoms with van der Waals surface area (Å²) in [5.41, 5.74) is 6.73. The predicted molar refractivity (Wildman–Crippen MR) is 83.3 cm³/mol. The number of anilines is 3. The van der Waals surface area contributed by atoms with Crippen molar-refractivity contribution in [3.05, 3.63) is 42.7 Å². The Kier molecular flexibility index (Phi) is 3.39. The van der Waals surface area contributed by atoms with Gasteiger partial charge in [0.25, 0.3) is 0 Å². The second-order valence-corrected chi connectivity index (χ2v) is 4.97. The van der Waals surface area contributed by atoms with Crippen molar-refractivity contribution >= 4 is 39.9 Å². The minimum Gasteiger partial charge on any atom is -0.383 e. The number of thioether (sulfide) groups is 1. The summed E-state index contributed by atoms with van der Waals surface area (Å²) in [6.07, 6.45) is 5.53. The number of fused-ring (bicyclic) bond motifs is 1. The van der Waals surface area contributed by atoms with Crippen LogP contribution >= 0.6 is 11.8 Å². The van der Waals surface area contributed by atoms with Gasteiger partial charge in [0.05, 0.1) is 0 Å². The van der Waals surface area contributed by atoms with E-state index in [9.17, 15) is 0 Å². The molecule has 0 aliphatic carbocycles. The molecule has 0 atom stereocenters. The minimum atomic E-state index is 0.449. The fourth-order valence-corrected chi connectivity index (χ4v) is 2.35. The lowest BCUT2D eigenvalue weighted by atomic mass is 10.1. The monoisotopic (exact) mass is 283 g/mol. The molecule has 2 aromatic heterocycles. The molecule has 0 spiro atoms. The summed E-state index contributed by atoms with van der Waals surface area (Å²) < 4.78 is 0. The third-order valence-corrected chi connectivity index (χ3v) is 3.40. The van der Waals surface area contributed by atoms with Crippen LogP contribution in [0.25, 0.3) is 10.8 Å². The first-order valence-electron chi connectivity index (χ1n) is 6.04. The average molecular weight is 283 g/mol. The maximum Gasteiger partial charge on any atom is 0.191 e. The van der Waals surface area contributed by atoms with Crippen LogP contribution < -0.4 is 11.1 Å². The molecule has 6 heteroatoms. The van der Waals surface area contributed by atoms with Crippen molar-refractivity contribution in [2.45, 2.75) is 5.16 Å². The Bertz CT molecular complexity index is 754. The topological polar surface area (TPSA) is 76.7 Å². The minimum absolute atomic E-state index is 0.449. The number of pyridine rings is 1. The Morgan fingerprint density at radius 1 is 1.20 bits per heavy atom. The number of nitrogen functional groups attached to an aromatic ring is 1. The molecule has 0 fully saturated rings. The Hall–Kier alpha value is -2.34.